The molecule has 4 rings (SSSR count). The van der Waals surface area contributed by atoms with Crippen molar-refractivity contribution in [1.82, 2.24) is 24.7 Å². The lowest BCUT2D eigenvalue weighted by atomic mass is 10.2. The Labute approximate surface area is 223 Å². The molecule has 37 heavy (non-hydrogen) atoms. The summed E-state index contributed by atoms with van der Waals surface area (Å²) in [4.78, 5) is 8.72. The first kappa shape index (κ1) is 27.9. The number of sulfone groups is 1. The van der Waals surface area contributed by atoms with Crippen LogP contribution >= 0.6 is 12.2 Å². The summed E-state index contributed by atoms with van der Waals surface area (Å²) in [6.07, 6.45) is 3.28. The molecule has 204 valence electrons. The Hall–Kier alpha value is -2.12. The van der Waals surface area contributed by atoms with Gasteiger partial charge in [-0.3, -0.25) is 4.90 Å². The van der Waals surface area contributed by atoms with Gasteiger partial charge in [0.05, 0.1) is 50.1 Å². The average molecular weight is 554 g/mol. The largest absolute Gasteiger partial charge is 0.379 e. The van der Waals surface area contributed by atoms with Gasteiger partial charge >= 0.3 is 0 Å². The molecule has 1 aromatic carbocycles. The number of nitrogens with zero attached hydrogens (tertiary/aromatic N) is 4. The Balaban J connectivity index is 1.59. The van der Waals surface area contributed by atoms with Gasteiger partial charge in [0.1, 0.15) is 5.82 Å². The summed E-state index contributed by atoms with van der Waals surface area (Å²) in [6.45, 7) is 8.76. The molecule has 1 N–H and O–H groups in total. The lowest BCUT2D eigenvalue weighted by Crippen LogP contribution is -2.46. The Kier molecular flexibility index (Phi) is 9.88. The van der Waals surface area contributed by atoms with Crippen molar-refractivity contribution in [2.45, 2.75) is 49.9 Å². The number of rotatable bonds is 11. The van der Waals surface area contributed by atoms with E-state index in [1.807, 2.05) is 11.8 Å². The molecule has 0 aliphatic carbocycles. The average Bonchev–Trinajstić information content (AvgIpc) is 3.54. The van der Waals surface area contributed by atoms with Crippen LogP contribution in [0.5, 0.6) is 0 Å². The molecule has 0 spiro atoms. The fourth-order valence-corrected chi connectivity index (χ4v) is 6.45. The maximum atomic E-state index is 14.3. The molecule has 1 aromatic heterocycles. The van der Waals surface area contributed by atoms with E-state index in [0.717, 1.165) is 51.4 Å². The highest BCUT2D eigenvalue weighted by atomic mass is 32.2. The molecule has 0 amide bonds. The van der Waals surface area contributed by atoms with Crippen LogP contribution < -0.4 is 5.32 Å². The minimum atomic E-state index is -3.92. The van der Waals surface area contributed by atoms with Crippen molar-refractivity contribution < 1.29 is 22.3 Å². The van der Waals surface area contributed by atoms with E-state index < -0.39 is 21.4 Å². The molecule has 2 aliphatic heterocycles. The monoisotopic (exact) mass is 553 g/mol. The zero-order valence-corrected chi connectivity index (χ0v) is 22.9. The number of ether oxygens (including phenoxy) is 2. The molecular formula is C25H36FN5O4S2. The zero-order chi connectivity index (χ0) is 26.3. The van der Waals surface area contributed by atoms with Gasteiger partial charge in [-0.2, -0.15) is 0 Å². The van der Waals surface area contributed by atoms with Crippen LogP contribution in [0.1, 0.15) is 31.0 Å². The number of benzene rings is 1. The third-order valence-electron chi connectivity index (χ3n) is 6.65. The molecule has 0 saturated carbocycles. The third-order valence-corrected chi connectivity index (χ3v) is 8.63. The molecule has 3 heterocycles. The SMILES string of the molecule is CCNC(=S)N(CCN1CCOCC1)Cc1cnc(S(=O)(=O)Cc2ccccc2F)n1CC1CCCO1. The van der Waals surface area contributed by atoms with Gasteiger partial charge in [-0.05, 0) is 38.0 Å². The van der Waals surface area contributed by atoms with Gasteiger partial charge in [-0.1, -0.05) is 18.2 Å². The first-order valence-corrected chi connectivity index (χ1v) is 14.9. The standard InChI is InChI=1S/C25H36FN5O4S2/c1-2-27-24(36)30(10-9-29-11-14-34-15-12-29)17-21-16-28-25(31(21)18-22-7-5-13-35-22)37(32,33)19-20-6-3-4-8-23(20)26/h3-4,6,8,16,22H,2,5,7,9-15,17-19H2,1H3,(H,27,36). The topological polar surface area (TPSA) is 88.9 Å². The molecule has 2 aromatic rings. The first-order chi connectivity index (χ1) is 17.9. The number of imidazole rings is 1. The molecule has 0 bridgehead atoms. The maximum absolute atomic E-state index is 14.3. The minimum absolute atomic E-state index is 0.0660. The van der Waals surface area contributed by atoms with E-state index in [9.17, 15) is 12.8 Å². The second kappa shape index (κ2) is 13.1. The van der Waals surface area contributed by atoms with Crippen molar-refractivity contribution in [3.63, 3.8) is 0 Å². The summed E-state index contributed by atoms with van der Waals surface area (Å²) in [6, 6.07) is 5.93. The van der Waals surface area contributed by atoms with Crippen molar-refractivity contribution in [2.24, 2.45) is 0 Å². The van der Waals surface area contributed by atoms with Crippen LogP contribution in [-0.4, -0.2) is 91.5 Å². The Bertz CT molecular complexity index is 1150. The van der Waals surface area contributed by atoms with Crippen LogP contribution in [0.2, 0.25) is 0 Å². The molecule has 2 fully saturated rings. The highest BCUT2D eigenvalue weighted by Crippen LogP contribution is 2.23. The fourth-order valence-electron chi connectivity index (χ4n) is 4.64. The van der Waals surface area contributed by atoms with Gasteiger partial charge in [0.15, 0.2) is 5.11 Å². The van der Waals surface area contributed by atoms with Crippen LogP contribution in [0.25, 0.3) is 0 Å². The summed E-state index contributed by atoms with van der Waals surface area (Å²) < 4.78 is 54.2. The second-order valence-corrected chi connectivity index (χ2v) is 11.6. The molecular weight excluding hydrogens is 517 g/mol. The van der Waals surface area contributed by atoms with E-state index >= 15 is 0 Å². The normalized spacial score (nSPS) is 18.7. The number of nitrogens with one attached hydrogen (secondary N) is 1. The Morgan fingerprint density at radius 1 is 1.27 bits per heavy atom. The van der Waals surface area contributed by atoms with E-state index in [-0.39, 0.29) is 16.8 Å². The Morgan fingerprint density at radius 2 is 2.05 bits per heavy atom. The molecule has 2 aliphatic rings. The predicted molar refractivity (Wildman–Crippen MR) is 142 cm³/mol. The van der Waals surface area contributed by atoms with Crippen molar-refractivity contribution in [2.75, 3.05) is 52.5 Å². The van der Waals surface area contributed by atoms with Gasteiger partial charge in [0, 0.05) is 44.9 Å². The predicted octanol–water partition coefficient (Wildman–Crippen LogP) is 2.20. The zero-order valence-electron chi connectivity index (χ0n) is 21.3. The van der Waals surface area contributed by atoms with Gasteiger partial charge in [-0.25, -0.2) is 17.8 Å². The van der Waals surface area contributed by atoms with Crippen molar-refractivity contribution in [3.8, 4) is 0 Å². The van der Waals surface area contributed by atoms with Crippen LogP contribution in [0.4, 0.5) is 4.39 Å². The van der Waals surface area contributed by atoms with Crippen molar-refractivity contribution >= 4 is 27.2 Å². The van der Waals surface area contributed by atoms with E-state index in [2.05, 4.69) is 15.2 Å². The quantitative estimate of drug-likeness (QED) is 0.421. The second-order valence-electron chi connectivity index (χ2n) is 9.34. The number of hydrogen-bond donors (Lipinski definition) is 1. The number of thiocarbonyl (C=S) groups is 1. The number of hydrogen-bond acceptors (Lipinski definition) is 7. The van der Waals surface area contributed by atoms with E-state index in [1.165, 1.54) is 12.1 Å². The van der Waals surface area contributed by atoms with Crippen molar-refractivity contribution in [3.05, 3.63) is 47.5 Å². The lowest BCUT2D eigenvalue weighted by molar-refractivity contribution is 0.0356. The third kappa shape index (κ3) is 7.47. The molecule has 1 atom stereocenters. The van der Waals surface area contributed by atoms with E-state index in [1.54, 1.807) is 22.9 Å². The number of morpholine rings is 1. The van der Waals surface area contributed by atoms with E-state index in [0.29, 0.717) is 37.9 Å². The summed E-state index contributed by atoms with van der Waals surface area (Å²) >= 11 is 5.67. The number of halogens is 1. The van der Waals surface area contributed by atoms with E-state index in [4.69, 9.17) is 21.7 Å². The summed E-state index contributed by atoms with van der Waals surface area (Å²) in [5.41, 5.74) is 0.848. The maximum Gasteiger partial charge on any atom is 0.228 e. The molecule has 0 radical (unpaired) electrons. The summed E-state index contributed by atoms with van der Waals surface area (Å²) in [7, 11) is -3.92. The first-order valence-electron chi connectivity index (χ1n) is 12.8. The smallest absolute Gasteiger partial charge is 0.228 e. The van der Waals surface area contributed by atoms with Gasteiger partial charge < -0.3 is 24.3 Å². The van der Waals surface area contributed by atoms with Gasteiger partial charge in [0.2, 0.25) is 15.0 Å². The van der Waals surface area contributed by atoms with Crippen LogP contribution in [0, 0.1) is 5.82 Å². The molecule has 1 unspecified atom stereocenters. The lowest BCUT2D eigenvalue weighted by Gasteiger charge is -2.31. The van der Waals surface area contributed by atoms with Gasteiger partial charge in [0.25, 0.3) is 0 Å². The van der Waals surface area contributed by atoms with Crippen LogP contribution in [0.15, 0.2) is 35.6 Å². The number of aromatic nitrogens is 2. The molecule has 12 heteroatoms. The van der Waals surface area contributed by atoms with Crippen LogP contribution in [0.3, 0.4) is 0 Å². The van der Waals surface area contributed by atoms with Gasteiger partial charge in [-0.15, -0.1) is 0 Å². The van der Waals surface area contributed by atoms with Crippen molar-refractivity contribution in [1.29, 1.82) is 0 Å². The molecule has 2 saturated heterocycles. The molecule has 9 nitrogen and oxygen atoms in total. The fraction of sp³-hybridized carbons (Fsp3) is 0.600. The minimum Gasteiger partial charge on any atom is -0.379 e. The highest BCUT2D eigenvalue weighted by Gasteiger charge is 2.28. The highest BCUT2D eigenvalue weighted by molar-refractivity contribution is 7.90. The Morgan fingerprint density at radius 3 is 2.76 bits per heavy atom. The summed E-state index contributed by atoms with van der Waals surface area (Å²) in [5, 5.41) is 3.76. The summed E-state index contributed by atoms with van der Waals surface area (Å²) in [5.74, 6) is -1.01. The van der Waals surface area contributed by atoms with Crippen LogP contribution in [-0.2, 0) is 38.2 Å².